The van der Waals surface area contributed by atoms with Gasteiger partial charge < -0.3 is 11.1 Å². The fourth-order valence-electron chi connectivity index (χ4n) is 3.01. The van der Waals surface area contributed by atoms with E-state index in [1.165, 1.54) is 17.8 Å². The molecule has 9 heteroatoms. The molecule has 0 saturated heterocycles. The second kappa shape index (κ2) is 8.59. The molecule has 0 atom stereocenters. The highest BCUT2D eigenvalue weighted by Crippen LogP contribution is 2.40. The standard InChI is InChI=1S/C22H16Cl2N2O3S2/c23-17-2-1-3-18(24)16(17)12-31(28,29)15-8-9-19-20(11-15)30-21(22(27)26-19)10-13-4-6-14(25)7-5-13/h1-11H,12,25H2,(H,26,27)/b21-10+. The summed E-state index contributed by atoms with van der Waals surface area (Å²) in [5.74, 6) is -0.581. The summed E-state index contributed by atoms with van der Waals surface area (Å²) in [7, 11) is -3.71. The van der Waals surface area contributed by atoms with Crippen molar-refractivity contribution in [3.05, 3.63) is 86.7 Å². The van der Waals surface area contributed by atoms with Crippen LogP contribution >= 0.6 is 35.0 Å². The Kier molecular flexibility index (Phi) is 6.03. The van der Waals surface area contributed by atoms with Gasteiger partial charge in [-0.05, 0) is 54.1 Å². The third-order valence-electron chi connectivity index (χ3n) is 4.63. The van der Waals surface area contributed by atoms with Crippen molar-refractivity contribution in [2.45, 2.75) is 15.5 Å². The minimum atomic E-state index is -3.71. The van der Waals surface area contributed by atoms with Gasteiger partial charge in [-0.2, -0.15) is 0 Å². The highest BCUT2D eigenvalue weighted by Gasteiger charge is 2.25. The Hall–Kier alpha value is -2.45. The third-order valence-corrected chi connectivity index (χ3v) is 8.06. The van der Waals surface area contributed by atoms with Gasteiger partial charge in [-0.3, -0.25) is 4.79 Å². The number of carbonyl (C=O) groups excluding carboxylic acids is 1. The number of hydrogen-bond acceptors (Lipinski definition) is 5. The van der Waals surface area contributed by atoms with Crippen molar-refractivity contribution in [1.82, 2.24) is 0 Å². The normalized spacial score (nSPS) is 14.9. The first-order chi connectivity index (χ1) is 14.7. The monoisotopic (exact) mass is 490 g/mol. The molecule has 0 fully saturated rings. The first-order valence-corrected chi connectivity index (χ1v) is 12.3. The Morgan fingerprint density at radius 2 is 1.68 bits per heavy atom. The van der Waals surface area contributed by atoms with Crippen LogP contribution in [-0.2, 0) is 20.4 Å². The number of carbonyl (C=O) groups is 1. The Balaban J connectivity index is 1.65. The van der Waals surface area contributed by atoms with Crippen molar-refractivity contribution in [3.8, 4) is 0 Å². The molecular formula is C22H16Cl2N2O3S2. The topological polar surface area (TPSA) is 89.3 Å². The van der Waals surface area contributed by atoms with Crippen LogP contribution in [0.15, 0.2) is 75.4 Å². The van der Waals surface area contributed by atoms with Gasteiger partial charge in [-0.25, -0.2) is 8.42 Å². The number of sulfone groups is 1. The third kappa shape index (κ3) is 4.75. The number of nitrogen functional groups attached to an aromatic ring is 1. The van der Waals surface area contributed by atoms with E-state index < -0.39 is 9.84 Å². The summed E-state index contributed by atoms with van der Waals surface area (Å²) in [5, 5.41) is 3.39. The summed E-state index contributed by atoms with van der Waals surface area (Å²) in [6.07, 6.45) is 1.73. The molecule has 4 rings (SSSR count). The number of anilines is 2. The van der Waals surface area contributed by atoms with Crippen molar-refractivity contribution in [3.63, 3.8) is 0 Å². The number of halogens is 2. The largest absolute Gasteiger partial charge is 0.399 e. The quantitative estimate of drug-likeness (QED) is 0.365. The molecule has 1 aliphatic rings. The van der Waals surface area contributed by atoms with Crippen LogP contribution in [0.3, 0.4) is 0 Å². The molecule has 3 N–H and O–H groups in total. The van der Waals surface area contributed by atoms with E-state index in [1.54, 1.807) is 60.7 Å². The van der Waals surface area contributed by atoms with Gasteiger partial charge in [-0.1, -0.05) is 53.2 Å². The van der Waals surface area contributed by atoms with E-state index in [1.807, 2.05) is 0 Å². The minimum absolute atomic E-state index is 0.123. The Labute approximate surface area is 194 Å². The molecule has 0 spiro atoms. The maximum atomic E-state index is 13.0. The SMILES string of the molecule is Nc1ccc(/C=C2/Sc3cc(S(=O)(=O)Cc4c(Cl)cccc4Cl)ccc3NC2=O)cc1. The summed E-state index contributed by atoms with van der Waals surface area (Å²) in [6, 6.07) is 16.6. The van der Waals surface area contributed by atoms with Crippen LogP contribution in [0.4, 0.5) is 11.4 Å². The van der Waals surface area contributed by atoms with Crippen molar-refractivity contribution in [1.29, 1.82) is 0 Å². The molecule has 0 radical (unpaired) electrons. The predicted molar refractivity (Wildman–Crippen MR) is 127 cm³/mol. The van der Waals surface area contributed by atoms with Gasteiger partial charge in [0.1, 0.15) is 0 Å². The number of benzene rings is 3. The second-order valence-electron chi connectivity index (χ2n) is 6.85. The first-order valence-electron chi connectivity index (χ1n) is 9.09. The zero-order valence-corrected chi connectivity index (χ0v) is 19.1. The number of hydrogen-bond donors (Lipinski definition) is 2. The molecule has 5 nitrogen and oxygen atoms in total. The highest BCUT2D eigenvalue weighted by atomic mass is 35.5. The smallest absolute Gasteiger partial charge is 0.262 e. The lowest BCUT2D eigenvalue weighted by Crippen LogP contribution is -2.17. The molecular weight excluding hydrogens is 475 g/mol. The summed E-state index contributed by atoms with van der Waals surface area (Å²) < 4.78 is 26.0. The molecule has 0 aliphatic carbocycles. The summed E-state index contributed by atoms with van der Waals surface area (Å²) in [5.41, 5.74) is 8.05. The van der Waals surface area contributed by atoms with Crippen LogP contribution < -0.4 is 11.1 Å². The second-order valence-corrected chi connectivity index (χ2v) is 10.7. The van der Waals surface area contributed by atoms with Crippen LogP contribution in [0.2, 0.25) is 10.0 Å². The van der Waals surface area contributed by atoms with E-state index >= 15 is 0 Å². The number of amides is 1. The van der Waals surface area contributed by atoms with Gasteiger partial charge in [0.25, 0.3) is 5.91 Å². The average Bonchev–Trinajstić information content (AvgIpc) is 2.73. The fourth-order valence-corrected chi connectivity index (χ4v) is 6.20. The maximum Gasteiger partial charge on any atom is 0.262 e. The first kappa shape index (κ1) is 21.8. The van der Waals surface area contributed by atoms with E-state index in [2.05, 4.69) is 5.32 Å². The summed E-state index contributed by atoms with van der Waals surface area (Å²) >= 11 is 13.5. The van der Waals surface area contributed by atoms with Gasteiger partial charge in [0.15, 0.2) is 9.84 Å². The zero-order chi connectivity index (χ0) is 22.2. The highest BCUT2D eigenvalue weighted by molar-refractivity contribution is 8.04. The molecule has 1 heterocycles. The van der Waals surface area contributed by atoms with Gasteiger partial charge in [0, 0.05) is 26.2 Å². The van der Waals surface area contributed by atoms with Gasteiger partial charge >= 0.3 is 0 Å². The predicted octanol–water partition coefficient (Wildman–Crippen LogP) is 5.63. The van der Waals surface area contributed by atoms with Gasteiger partial charge in [-0.15, -0.1) is 0 Å². The van der Waals surface area contributed by atoms with Crippen LogP contribution in [0.1, 0.15) is 11.1 Å². The Bertz CT molecular complexity index is 1300. The van der Waals surface area contributed by atoms with Gasteiger partial charge in [0.05, 0.1) is 21.2 Å². The van der Waals surface area contributed by atoms with Crippen molar-refractivity contribution >= 4 is 68.2 Å². The van der Waals surface area contributed by atoms with Crippen LogP contribution in [0.25, 0.3) is 6.08 Å². The number of thioether (sulfide) groups is 1. The molecule has 158 valence electrons. The molecule has 3 aromatic rings. The van der Waals surface area contributed by atoms with Crippen LogP contribution in [-0.4, -0.2) is 14.3 Å². The van der Waals surface area contributed by atoms with E-state index in [9.17, 15) is 13.2 Å². The number of nitrogens with two attached hydrogens (primary N) is 1. The molecule has 31 heavy (non-hydrogen) atoms. The molecule has 0 unspecified atom stereocenters. The van der Waals surface area contributed by atoms with E-state index in [0.29, 0.717) is 36.8 Å². The number of nitrogens with one attached hydrogen (secondary N) is 1. The summed E-state index contributed by atoms with van der Waals surface area (Å²) in [4.78, 5) is 13.7. The van der Waals surface area contributed by atoms with Crippen molar-refractivity contribution in [2.24, 2.45) is 0 Å². The van der Waals surface area contributed by atoms with Crippen molar-refractivity contribution in [2.75, 3.05) is 11.1 Å². The zero-order valence-electron chi connectivity index (χ0n) is 15.9. The molecule has 0 bridgehead atoms. The molecule has 1 amide bonds. The molecule has 1 aliphatic heterocycles. The van der Waals surface area contributed by atoms with E-state index in [0.717, 1.165) is 5.56 Å². The summed E-state index contributed by atoms with van der Waals surface area (Å²) in [6.45, 7) is 0. The van der Waals surface area contributed by atoms with Gasteiger partial charge in [0.2, 0.25) is 0 Å². The van der Waals surface area contributed by atoms with E-state index in [-0.39, 0.29) is 16.6 Å². The lowest BCUT2D eigenvalue weighted by molar-refractivity contribution is -0.112. The maximum absolute atomic E-state index is 13.0. The molecule has 3 aromatic carbocycles. The minimum Gasteiger partial charge on any atom is -0.399 e. The Morgan fingerprint density at radius 1 is 1.00 bits per heavy atom. The fraction of sp³-hybridized carbons (Fsp3) is 0.0455. The molecule has 0 saturated carbocycles. The molecule has 0 aromatic heterocycles. The van der Waals surface area contributed by atoms with Crippen LogP contribution in [0, 0.1) is 0 Å². The van der Waals surface area contributed by atoms with E-state index in [4.69, 9.17) is 28.9 Å². The Morgan fingerprint density at radius 3 is 2.35 bits per heavy atom. The van der Waals surface area contributed by atoms with Crippen LogP contribution in [0.5, 0.6) is 0 Å². The number of fused-ring (bicyclic) bond motifs is 1. The lowest BCUT2D eigenvalue weighted by atomic mass is 10.2. The number of rotatable bonds is 4. The van der Waals surface area contributed by atoms with Crippen molar-refractivity contribution < 1.29 is 13.2 Å². The lowest BCUT2D eigenvalue weighted by Gasteiger charge is -2.19. The average molecular weight is 491 g/mol.